The quantitative estimate of drug-likeness (QED) is 0.167. The van der Waals surface area contributed by atoms with E-state index in [1.165, 1.54) is 103 Å². The van der Waals surface area contributed by atoms with Gasteiger partial charge in [0.05, 0.1) is 11.0 Å². The molecule has 0 N–H and O–H groups in total. The third-order valence-electron chi connectivity index (χ3n) is 12.1. The highest BCUT2D eigenvalue weighted by Gasteiger charge is 2.18. The van der Waals surface area contributed by atoms with Crippen LogP contribution >= 0.6 is 0 Å². The Balaban J connectivity index is 1.06. The molecule has 0 aliphatic carbocycles. The number of aryl methyl sites for hydroxylation is 1. The summed E-state index contributed by atoms with van der Waals surface area (Å²) in [4.78, 5) is 5.12. The maximum atomic E-state index is 5.12. The minimum Gasteiger partial charge on any atom is -0.324 e. The molecule has 0 radical (unpaired) electrons. The van der Waals surface area contributed by atoms with Gasteiger partial charge in [0.2, 0.25) is 0 Å². The van der Waals surface area contributed by atoms with Crippen molar-refractivity contribution in [2.45, 2.75) is 13.5 Å². The van der Waals surface area contributed by atoms with Crippen molar-refractivity contribution in [2.75, 3.05) is 0 Å². The second-order valence-electron chi connectivity index (χ2n) is 14.9. The summed E-state index contributed by atoms with van der Waals surface area (Å²) in [5, 5.41) is 18.1. The Kier molecular flexibility index (Phi) is 6.35. The van der Waals surface area contributed by atoms with Crippen LogP contribution in [0.5, 0.6) is 0 Å². The van der Waals surface area contributed by atoms with E-state index in [1.807, 2.05) is 0 Å². The van der Waals surface area contributed by atoms with Crippen LogP contribution in [0.1, 0.15) is 6.92 Å². The minimum absolute atomic E-state index is 0.861. The lowest BCUT2D eigenvalue weighted by atomic mass is 9.86. The molecular formula is C53H34N2. The molecule has 2 heteroatoms. The van der Waals surface area contributed by atoms with E-state index < -0.39 is 0 Å². The lowest BCUT2D eigenvalue weighted by molar-refractivity contribution is 0.797. The fraction of sp³-hybridized carbons (Fsp3) is 0.0377. The van der Waals surface area contributed by atoms with E-state index in [9.17, 15) is 0 Å². The number of hydrogen-bond donors (Lipinski definition) is 0. The van der Waals surface area contributed by atoms with Gasteiger partial charge < -0.3 is 4.57 Å². The van der Waals surface area contributed by atoms with Crippen LogP contribution in [0.25, 0.3) is 120 Å². The van der Waals surface area contributed by atoms with Crippen LogP contribution < -0.4 is 0 Å². The predicted octanol–water partition coefficient (Wildman–Crippen LogP) is 14.6. The molecule has 1 heterocycles. The summed E-state index contributed by atoms with van der Waals surface area (Å²) in [7, 11) is 0. The lowest BCUT2D eigenvalue weighted by Crippen LogP contribution is -1.98. The average molecular weight is 699 g/mol. The molecule has 0 bridgehead atoms. The summed E-state index contributed by atoms with van der Waals surface area (Å²) in [6.07, 6.45) is 0. The van der Waals surface area contributed by atoms with Crippen molar-refractivity contribution in [3.8, 4) is 33.6 Å². The first-order valence-corrected chi connectivity index (χ1v) is 19.3. The number of nitrogens with zero attached hydrogens (tertiary/aromatic N) is 2. The number of aromatic nitrogens is 2. The van der Waals surface area contributed by atoms with Gasteiger partial charge in [-0.15, -0.1) is 0 Å². The molecule has 12 aromatic rings. The molecule has 0 saturated heterocycles. The molecule has 0 atom stereocenters. The van der Waals surface area contributed by atoms with E-state index in [0.717, 1.165) is 23.4 Å². The summed E-state index contributed by atoms with van der Waals surface area (Å²) in [5.74, 6) is 1.02. The maximum absolute atomic E-state index is 5.12. The molecule has 0 aliphatic rings. The molecule has 0 fully saturated rings. The summed E-state index contributed by atoms with van der Waals surface area (Å²) < 4.78 is 2.33. The Labute approximate surface area is 317 Å². The Morgan fingerprint density at radius 2 is 0.891 bits per heavy atom. The van der Waals surface area contributed by atoms with Crippen molar-refractivity contribution in [2.24, 2.45) is 0 Å². The molecular weight excluding hydrogens is 665 g/mol. The van der Waals surface area contributed by atoms with E-state index in [4.69, 9.17) is 4.98 Å². The Hall–Kier alpha value is -7.03. The molecule has 0 saturated carbocycles. The SMILES string of the molecule is CCn1c(-c2ccc(-c3ccc(-c4cc5ccc6cccc7c8cccc9ccc%10cccc(c(c4)c5c67)c%10c98)cc3)c3ccccc23)nc2ccccc21. The molecule has 0 spiro atoms. The summed E-state index contributed by atoms with van der Waals surface area (Å²) in [5.41, 5.74) is 8.23. The molecule has 55 heavy (non-hydrogen) atoms. The highest BCUT2D eigenvalue weighted by molar-refractivity contribution is 6.37. The van der Waals surface area contributed by atoms with Crippen molar-refractivity contribution in [3.63, 3.8) is 0 Å². The third-order valence-corrected chi connectivity index (χ3v) is 12.1. The topological polar surface area (TPSA) is 17.8 Å². The van der Waals surface area contributed by atoms with Gasteiger partial charge in [-0.2, -0.15) is 0 Å². The Morgan fingerprint density at radius 1 is 0.382 bits per heavy atom. The fourth-order valence-corrected chi connectivity index (χ4v) is 9.64. The van der Waals surface area contributed by atoms with Gasteiger partial charge in [-0.05, 0) is 135 Å². The number of benzene rings is 10. The molecule has 2 nitrogen and oxygen atoms in total. The van der Waals surface area contributed by atoms with Crippen molar-refractivity contribution in [1.29, 1.82) is 0 Å². The number of rotatable bonds is 4. The average Bonchev–Trinajstić information content (AvgIpc) is 3.63. The van der Waals surface area contributed by atoms with Crippen LogP contribution in [-0.2, 0) is 6.54 Å². The largest absolute Gasteiger partial charge is 0.324 e. The van der Waals surface area contributed by atoms with E-state index in [0.29, 0.717) is 0 Å². The number of hydrogen-bond acceptors (Lipinski definition) is 1. The van der Waals surface area contributed by atoms with Crippen molar-refractivity contribution >= 4 is 86.4 Å². The monoisotopic (exact) mass is 698 g/mol. The third kappa shape index (κ3) is 4.34. The van der Waals surface area contributed by atoms with Gasteiger partial charge in [0.1, 0.15) is 5.82 Å². The van der Waals surface area contributed by atoms with E-state index in [2.05, 4.69) is 187 Å². The van der Waals surface area contributed by atoms with Gasteiger partial charge >= 0.3 is 0 Å². The first-order valence-electron chi connectivity index (χ1n) is 19.3. The summed E-state index contributed by atoms with van der Waals surface area (Å²) >= 11 is 0. The first-order chi connectivity index (χ1) is 27.2. The maximum Gasteiger partial charge on any atom is 0.141 e. The summed E-state index contributed by atoms with van der Waals surface area (Å²) in [6.45, 7) is 3.06. The second kappa shape index (κ2) is 11.5. The van der Waals surface area contributed by atoms with Gasteiger partial charge in [0.15, 0.2) is 0 Å². The van der Waals surface area contributed by atoms with Gasteiger partial charge in [-0.1, -0.05) is 146 Å². The van der Waals surface area contributed by atoms with Crippen molar-refractivity contribution in [1.82, 2.24) is 9.55 Å². The molecule has 1 aromatic heterocycles. The minimum atomic E-state index is 0.861. The van der Waals surface area contributed by atoms with Crippen LogP contribution in [0.4, 0.5) is 0 Å². The molecule has 256 valence electrons. The van der Waals surface area contributed by atoms with Gasteiger partial charge in [-0.25, -0.2) is 4.98 Å². The fourth-order valence-electron chi connectivity index (χ4n) is 9.64. The standard InChI is InChI=1S/C53H34N2/c1-2-55-48-19-6-5-18-47(48)54-53(55)45-29-28-39(40-13-3-4-14-41(40)45)33-22-20-32(21-23-33)38-30-37-27-26-36-11-8-16-43-42-15-7-10-34-24-25-35-12-9-17-44(51(35)49(34)42)46(31-38)52(37)50(36)43/h3-31H,2H2,1H3. The highest BCUT2D eigenvalue weighted by atomic mass is 15.1. The molecule has 12 rings (SSSR count). The first kappa shape index (κ1) is 30.4. The van der Waals surface area contributed by atoms with Crippen LogP contribution in [0, 0.1) is 0 Å². The molecule has 0 amide bonds. The number of fused-ring (bicyclic) bond motifs is 4. The van der Waals surface area contributed by atoms with E-state index in [-0.39, 0.29) is 0 Å². The predicted molar refractivity (Wildman–Crippen MR) is 235 cm³/mol. The molecule has 0 aliphatic heterocycles. The number of imidazole rings is 1. The lowest BCUT2D eigenvalue weighted by Gasteiger charge is -2.17. The van der Waals surface area contributed by atoms with E-state index >= 15 is 0 Å². The van der Waals surface area contributed by atoms with Crippen LogP contribution in [-0.4, -0.2) is 9.55 Å². The van der Waals surface area contributed by atoms with Crippen LogP contribution in [0.15, 0.2) is 176 Å². The highest BCUT2D eigenvalue weighted by Crippen LogP contribution is 2.45. The van der Waals surface area contributed by atoms with Crippen LogP contribution in [0.2, 0.25) is 0 Å². The smallest absolute Gasteiger partial charge is 0.141 e. The number of para-hydroxylation sites is 2. The van der Waals surface area contributed by atoms with Gasteiger partial charge in [0, 0.05) is 12.1 Å². The van der Waals surface area contributed by atoms with E-state index in [1.54, 1.807) is 0 Å². The zero-order chi connectivity index (χ0) is 36.2. The summed E-state index contributed by atoms with van der Waals surface area (Å²) in [6, 6.07) is 65.3. The van der Waals surface area contributed by atoms with Crippen molar-refractivity contribution in [3.05, 3.63) is 176 Å². The second-order valence-corrected chi connectivity index (χ2v) is 14.9. The normalized spacial score (nSPS) is 12.2. The molecule has 0 unspecified atom stereocenters. The van der Waals surface area contributed by atoms with Crippen LogP contribution in [0.3, 0.4) is 0 Å². The zero-order valence-corrected chi connectivity index (χ0v) is 30.3. The van der Waals surface area contributed by atoms with Crippen molar-refractivity contribution < 1.29 is 0 Å². The Morgan fingerprint density at radius 3 is 1.55 bits per heavy atom. The van der Waals surface area contributed by atoms with Gasteiger partial charge in [0.25, 0.3) is 0 Å². The zero-order valence-electron chi connectivity index (χ0n) is 30.3. The molecule has 11 aromatic carbocycles. The Bertz CT molecular complexity index is 3510. The van der Waals surface area contributed by atoms with Gasteiger partial charge in [-0.3, -0.25) is 0 Å².